The average molecular weight is 209 g/mol. The highest BCUT2D eigenvalue weighted by molar-refractivity contribution is 5.21. The van der Waals surface area contributed by atoms with Crippen molar-refractivity contribution in [3.05, 3.63) is 35.6 Å². The molecule has 1 aromatic carbocycles. The number of hydrogen-bond donors (Lipinski definition) is 1. The summed E-state index contributed by atoms with van der Waals surface area (Å²) < 4.78 is 12.8. The van der Waals surface area contributed by atoms with Crippen LogP contribution in [0.1, 0.15) is 38.7 Å². The van der Waals surface area contributed by atoms with Gasteiger partial charge in [0.1, 0.15) is 5.82 Å². The van der Waals surface area contributed by atoms with Gasteiger partial charge in [-0.15, -0.1) is 0 Å². The van der Waals surface area contributed by atoms with E-state index in [9.17, 15) is 4.39 Å². The summed E-state index contributed by atoms with van der Waals surface area (Å²) >= 11 is 0. The lowest BCUT2D eigenvalue weighted by atomic mass is 9.92. The molecule has 1 N–H and O–H groups in total. The van der Waals surface area contributed by atoms with Crippen LogP contribution in [0.15, 0.2) is 24.3 Å². The summed E-state index contributed by atoms with van der Waals surface area (Å²) in [6.45, 7) is 7.45. The Morgan fingerprint density at radius 2 is 1.80 bits per heavy atom. The second-order valence-corrected chi connectivity index (χ2v) is 3.91. The molecule has 15 heavy (non-hydrogen) atoms. The SMILES string of the molecule is CCNC(CC)C(C)c1ccc(F)cc1. The van der Waals surface area contributed by atoms with Gasteiger partial charge in [-0.2, -0.15) is 0 Å². The van der Waals surface area contributed by atoms with Crippen molar-refractivity contribution in [3.63, 3.8) is 0 Å². The van der Waals surface area contributed by atoms with Crippen molar-refractivity contribution in [3.8, 4) is 0 Å². The average Bonchev–Trinajstić information content (AvgIpc) is 2.26. The molecule has 0 aromatic heterocycles. The predicted octanol–water partition coefficient (Wildman–Crippen LogP) is 3.32. The third-order valence-corrected chi connectivity index (χ3v) is 2.91. The lowest BCUT2D eigenvalue weighted by molar-refractivity contribution is 0.448. The Kier molecular flexibility index (Phi) is 4.76. The van der Waals surface area contributed by atoms with Crippen molar-refractivity contribution in [2.45, 2.75) is 39.2 Å². The van der Waals surface area contributed by atoms with Crippen molar-refractivity contribution in [1.29, 1.82) is 0 Å². The van der Waals surface area contributed by atoms with Crippen molar-refractivity contribution in [1.82, 2.24) is 5.32 Å². The van der Waals surface area contributed by atoms with Crippen LogP contribution in [0.5, 0.6) is 0 Å². The van der Waals surface area contributed by atoms with Gasteiger partial charge in [-0.3, -0.25) is 0 Å². The fourth-order valence-electron chi connectivity index (χ4n) is 1.94. The smallest absolute Gasteiger partial charge is 0.123 e. The van der Waals surface area contributed by atoms with Gasteiger partial charge < -0.3 is 5.32 Å². The number of nitrogens with one attached hydrogen (secondary N) is 1. The molecule has 2 atom stereocenters. The third kappa shape index (κ3) is 3.31. The van der Waals surface area contributed by atoms with E-state index in [0.29, 0.717) is 12.0 Å². The molecule has 0 amide bonds. The monoisotopic (exact) mass is 209 g/mol. The molecule has 1 rings (SSSR count). The van der Waals surface area contributed by atoms with E-state index in [-0.39, 0.29) is 5.82 Å². The maximum Gasteiger partial charge on any atom is 0.123 e. The third-order valence-electron chi connectivity index (χ3n) is 2.91. The fourth-order valence-corrected chi connectivity index (χ4v) is 1.94. The van der Waals surface area contributed by atoms with Crippen LogP contribution >= 0.6 is 0 Å². The number of halogens is 1. The van der Waals surface area contributed by atoms with Crippen molar-refractivity contribution < 1.29 is 4.39 Å². The first-order valence-corrected chi connectivity index (χ1v) is 5.67. The van der Waals surface area contributed by atoms with Crippen LogP contribution in [-0.2, 0) is 0 Å². The minimum absolute atomic E-state index is 0.164. The number of benzene rings is 1. The summed E-state index contributed by atoms with van der Waals surface area (Å²) in [6.07, 6.45) is 1.09. The Bertz CT molecular complexity index is 281. The Balaban J connectivity index is 2.73. The Hall–Kier alpha value is -0.890. The molecular weight excluding hydrogens is 189 g/mol. The summed E-state index contributed by atoms with van der Waals surface area (Å²) in [6, 6.07) is 7.29. The van der Waals surface area contributed by atoms with Gasteiger partial charge in [0.05, 0.1) is 0 Å². The first-order chi connectivity index (χ1) is 7.19. The Morgan fingerprint density at radius 3 is 2.27 bits per heavy atom. The van der Waals surface area contributed by atoms with E-state index in [1.165, 1.54) is 17.7 Å². The van der Waals surface area contributed by atoms with Crippen LogP contribution in [0, 0.1) is 5.82 Å². The van der Waals surface area contributed by atoms with E-state index in [1.807, 2.05) is 12.1 Å². The molecular formula is C13H20FN. The largest absolute Gasteiger partial charge is 0.314 e. The molecule has 0 aliphatic heterocycles. The summed E-state index contributed by atoms with van der Waals surface area (Å²) in [5.41, 5.74) is 1.20. The van der Waals surface area contributed by atoms with Gasteiger partial charge in [-0.05, 0) is 36.6 Å². The highest BCUT2D eigenvalue weighted by Crippen LogP contribution is 2.21. The van der Waals surface area contributed by atoms with E-state index in [1.54, 1.807) is 0 Å². The summed E-state index contributed by atoms with van der Waals surface area (Å²) in [4.78, 5) is 0. The fraction of sp³-hybridized carbons (Fsp3) is 0.538. The molecule has 0 radical (unpaired) electrons. The van der Waals surface area contributed by atoms with Crippen molar-refractivity contribution >= 4 is 0 Å². The molecule has 0 heterocycles. The van der Waals surface area contributed by atoms with Gasteiger partial charge in [0, 0.05) is 6.04 Å². The molecule has 0 saturated carbocycles. The standard InChI is InChI=1S/C13H20FN/c1-4-13(15-5-2)10(3)11-6-8-12(14)9-7-11/h6-10,13,15H,4-5H2,1-3H3. The summed E-state index contributed by atoms with van der Waals surface area (Å²) in [7, 11) is 0. The van der Waals surface area contributed by atoms with Gasteiger partial charge >= 0.3 is 0 Å². The van der Waals surface area contributed by atoms with Crippen LogP contribution in [-0.4, -0.2) is 12.6 Å². The van der Waals surface area contributed by atoms with Gasteiger partial charge in [0.2, 0.25) is 0 Å². The zero-order valence-electron chi connectivity index (χ0n) is 9.76. The second kappa shape index (κ2) is 5.86. The molecule has 0 fully saturated rings. The summed E-state index contributed by atoms with van der Waals surface area (Å²) in [5.74, 6) is 0.262. The molecule has 1 nitrogen and oxygen atoms in total. The van der Waals surface area contributed by atoms with Crippen LogP contribution in [0.2, 0.25) is 0 Å². The molecule has 0 aliphatic rings. The van der Waals surface area contributed by atoms with E-state index in [2.05, 4.69) is 26.1 Å². The predicted molar refractivity (Wildman–Crippen MR) is 62.6 cm³/mol. The van der Waals surface area contributed by atoms with Gasteiger partial charge in [-0.25, -0.2) is 4.39 Å². The topological polar surface area (TPSA) is 12.0 Å². The second-order valence-electron chi connectivity index (χ2n) is 3.91. The quantitative estimate of drug-likeness (QED) is 0.784. The van der Waals surface area contributed by atoms with Gasteiger partial charge in [-0.1, -0.05) is 32.9 Å². The van der Waals surface area contributed by atoms with E-state index in [4.69, 9.17) is 0 Å². The first-order valence-electron chi connectivity index (χ1n) is 5.67. The number of likely N-dealkylation sites (N-methyl/N-ethyl adjacent to an activating group) is 1. The number of hydrogen-bond acceptors (Lipinski definition) is 1. The maximum absolute atomic E-state index is 12.8. The highest BCUT2D eigenvalue weighted by atomic mass is 19.1. The van der Waals surface area contributed by atoms with Gasteiger partial charge in [0.15, 0.2) is 0 Å². The molecule has 0 aliphatic carbocycles. The van der Waals surface area contributed by atoms with E-state index >= 15 is 0 Å². The molecule has 0 saturated heterocycles. The molecule has 1 aromatic rings. The van der Waals surface area contributed by atoms with Crippen LogP contribution in [0.3, 0.4) is 0 Å². The van der Waals surface area contributed by atoms with Crippen LogP contribution in [0.4, 0.5) is 4.39 Å². The molecule has 2 unspecified atom stereocenters. The molecule has 0 spiro atoms. The van der Waals surface area contributed by atoms with E-state index in [0.717, 1.165) is 13.0 Å². The maximum atomic E-state index is 12.8. The van der Waals surface area contributed by atoms with Crippen molar-refractivity contribution in [2.24, 2.45) is 0 Å². The zero-order valence-corrected chi connectivity index (χ0v) is 9.76. The lowest BCUT2D eigenvalue weighted by Gasteiger charge is -2.23. The molecule has 84 valence electrons. The Morgan fingerprint density at radius 1 is 1.20 bits per heavy atom. The van der Waals surface area contributed by atoms with E-state index < -0.39 is 0 Å². The molecule has 2 heteroatoms. The highest BCUT2D eigenvalue weighted by Gasteiger charge is 2.15. The lowest BCUT2D eigenvalue weighted by Crippen LogP contribution is -2.32. The normalized spacial score (nSPS) is 14.9. The number of rotatable bonds is 5. The van der Waals surface area contributed by atoms with Crippen LogP contribution in [0.25, 0.3) is 0 Å². The molecule has 0 bridgehead atoms. The first kappa shape index (κ1) is 12.2. The minimum Gasteiger partial charge on any atom is -0.314 e. The van der Waals surface area contributed by atoms with Crippen LogP contribution < -0.4 is 5.32 Å². The Labute approximate surface area is 91.7 Å². The minimum atomic E-state index is -0.164. The van der Waals surface area contributed by atoms with Gasteiger partial charge in [0.25, 0.3) is 0 Å². The summed E-state index contributed by atoms with van der Waals surface area (Å²) in [5, 5.41) is 3.45. The zero-order chi connectivity index (χ0) is 11.3. The van der Waals surface area contributed by atoms with Crippen molar-refractivity contribution in [2.75, 3.05) is 6.54 Å².